The Bertz CT molecular complexity index is 1380. The first kappa shape index (κ1) is 47.8. The molecule has 0 amide bonds. The van der Waals surface area contributed by atoms with E-state index in [4.69, 9.17) is 9.79 Å². The van der Waals surface area contributed by atoms with E-state index in [1.54, 1.807) is 18.2 Å². The van der Waals surface area contributed by atoms with E-state index in [-0.39, 0.29) is 16.6 Å². The lowest BCUT2D eigenvalue weighted by atomic mass is 9.80. The van der Waals surface area contributed by atoms with Crippen LogP contribution < -0.4 is 10.0 Å². The quantitative estimate of drug-likeness (QED) is 0.265. The Labute approximate surface area is 309 Å². The molecule has 2 N–H and O–H groups in total. The van der Waals surface area contributed by atoms with Crippen LogP contribution >= 0.6 is 0 Å². The van der Waals surface area contributed by atoms with E-state index in [0.717, 1.165) is 69.0 Å². The zero-order valence-corrected chi connectivity index (χ0v) is 33.3. The second-order valence-electron chi connectivity index (χ2n) is 13.0. The number of nitrogens with one attached hydrogen (secondary N) is 2. The lowest BCUT2D eigenvalue weighted by Gasteiger charge is -2.28. The highest BCUT2D eigenvalue weighted by molar-refractivity contribution is 7.89. The van der Waals surface area contributed by atoms with Crippen molar-refractivity contribution in [2.24, 2.45) is 16.8 Å². The highest BCUT2D eigenvalue weighted by Crippen LogP contribution is 2.38. The number of allylic oxidation sites excluding steroid dienone is 3. The molecular formula is C42H67F2N3O3S. The van der Waals surface area contributed by atoms with E-state index in [1.165, 1.54) is 49.4 Å². The molecule has 1 heterocycles. The Morgan fingerprint density at radius 1 is 0.902 bits per heavy atom. The summed E-state index contributed by atoms with van der Waals surface area (Å²) in [6.07, 6.45) is 17.8. The van der Waals surface area contributed by atoms with Crippen molar-refractivity contribution >= 4 is 22.6 Å². The minimum absolute atomic E-state index is 0.160. The maximum atomic E-state index is 13.8. The first-order valence-corrected chi connectivity index (χ1v) is 20.3. The van der Waals surface area contributed by atoms with Crippen LogP contribution in [0.25, 0.3) is 0 Å². The van der Waals surface area contributed by atoms with Gasteiger partial charge in [0.05, 0.1) is 5.84 Å². The third-order valence-electron chi connectivity index (χ3n) is 8.72. The molecule has 288 valence electrons. The number of halogens is 2. The molecule has 0 aromatic heterocycles. The number of aliphatic imine (C=N–C) groups is 1. The molecule has 0 spiro atoms. The largest absolute Gasteiger partial charge is 0.370 e. The predicted molar refractivity (Wildman–Crippen MR) is 213 cm³/mol. The number of unbranched alkanes of at least 4 members (excludes halogenated alkanes) is 2. The molecule has 2 aliphatic carbocycles. The third kappa shape index (κ3) is 18.2. The van der Waals surface area contributed by atoms with Gasteiger partial charge in [-0.15, -0.1) is 6.58 Å². The van der Waals surface area contributed by atoms with Gasteiger partial charge in [-0.05, 0) is 107 Å². The molecule has 51 heavy (non-hydrogen) atoms. The Morgan fingerprint density at radius 3 is 2.00 bits per heavy atom. The van der Waals surface area contributed by atoms with Crippen molar-refractivity contribution in [2.75, 3.05) is 13.1 Å². The molecule has 0 radical (unpaired) electrons. The molecule has 1 aliphatic heterocycles. The average Bonchev–Trinajstić information content (AvgIpc) is 3.56. The standard InChI is InChI=1S/C26H31F2N3O2S.C5H12.C4H8.C3H8.C3H6.CH2O/c27-20-10-11-21-19(13-20)9-12-24-22(21)14-26(31-24)29-15-17-5-7-18(8-6-17)16-30-34(32,33)25-4-2-1-3-23(25)28;1-3-5-4-2;1-3-4-2;2*1-3-2;1-2/h1-4,10-11,13,17-18,22,24,30H,5-9,12,14-16H2,(H,29,31);3-5H2,1-2H3;3-4H,1-2H3;3H2,1-2H3;3H,1H2,2H3;1H2/b;;4-3-;;;. The van der Waals surface area contributed by atoms with E-state index in [9.17, 15) is 17.2 Å². The number of amidine groups is 1. The minimum Gasteiger partial charge on any atom is -0.370 e. The summed E-state index contributed by atoms with van der Waals surface area (Å²) < 4.78 is 54.9. The summed E-state index contributed by atoms with van der Waals surface area (Å²) in [6.45, 7) is 21.0. The molecule has 6 nitrogen and oxygen atoms in total. The smallest absolute Gasteiger partial charge is 0.243 e. The van der Waals surface area contributed by atoms with Crippen LogP contribution in [0.5, 0.6) is 0 Å². The van der Waals surface area contributed by atoms with Gasteiger partial charge in [0.1, 0.15) is 23.3 Å². The number of hydrogen-bond acceptors (Lipinski definition) is 4. The van der Waals surface area contributed by atoms with Crippen LogP contribution in [0.1, 0.15) is 130 Å². The van der Waals surface area contributed by atoms with Crippen LogP contribution in [0, 0.1) is 23.5 Å². The molecule has 2 fully saturated rings. The molecule has 1 saturated carbocycles. The van der Waals surface area contributed by atoms with Crippen LogP contribution in [-0.4, -0.2) is 40.2 Å². The molecule has 2 atom stereocenters. The van der Waals surface area contributed by atoms with E-state index < -0.39 is 15.8 Å². The van der Waals surface area contributed by atoms with Gasteiger partial charge in [0.15, 0.2) is 0 Å². The monoisotopic (exact) mass is 731 g/mol. The topological polar surface area (TPSA) is 87.6 Å². The SMILES string of the molecule is C/C=C\C.C=CC.C=O.CCC.CCCCC.O=S(=O)(NCC1CCC(CN=C2CC3c4ccc(F)cc4CCC3N2)CC1)c1ccccc1F. The number of fused-ring (bicyclic) bond motifs is 3. The Kier molecular flexibility index (Phi) is 26.7. The van der Waals surface area contributed by atoms with Gasteiger partial charge in [0, 0.05) is 31.5 Å². The van der Waals surface area contributed by atoms with E-state index in [1.807, 2.05) is 45.8 Å². The number of rotatable bonds is 8. The number of sulfonamides is 1. The molecule has 2 aromatic carbocycles. The van der Waals surface area contributed by atoms with Gasteiger partial charge in [-0.25, -0.2) is 21.9 Å². The van der Waals surface area contributed by atoms with Gasteiger partial charge in [-0.2, -0.15) is 0 Å². The molecule has 5 rings (SSSR count). The van der Waals surface area contributed by atoms with Gasteiger partial charge in [-0.1, -0.05) is 89.8 Å². The summed E-state index contributed by atoms with van der Waals surface area (Å²) in [7, 11) is -3.84. The molecule has 2 aromatic rings. The van der Waals surface area contributed by atoms with Crippen LogP contribution in [0.4, 0.5) is 8.78 Å². The zero-order chi connectivity index (χ0) is 38.7. The van der Waals surface area contributed by atoms with Gasteiger partial charge in [0.2, 0.25) is 10.0 Å². The van der Waals surface area contributed by atoms with Crippen LogP contribution in [0.15, 0.2) is 77.2 Å². The average molecular weight is 732 g/mol. The van der Waals surface area contributed by atoms with Crippen LogP contribution in [0.3, 0.4) is 0 Å². The first-order chi connectivity index (χ1) is 24.5. The summed E-state index contributed by atoms with van der Waals surface area (Å²) in [5.74, 6) is 1.31. The second-order valence-corrected chi connectivity index (χ2v) is 14.8. The normalized spacial score (nSPS) is 20.8. The Balaban J connectivity index is 0.00000124. The summed E-state index contributed by atoms with van der Waals surface area (Å²) in [5.41, 5.74) is 2.39. The summed E-state index contributed by atoms with van der Waals surface area (Å²) in [6, 6.07) is 11.0. The van der Waals surface area contributed by atoms with E-state index in [0.29, 0.717) is 24.4 Å². The Hall–Kier alpha value is -3.17. The maximum absolute atomic E-state index is 13.8. The summed E-state index contributed by atoms with van der Waals surface area (Å²) in [5, 5.41) is 3.60. The fraction of sp³-hybridized carbons (Fsp3) is 0.571. The van der Waals surface area contributed by atoms with E-state index in [2.05, 4.69) is 44.3 Å². The number of hydrogen-bond donors (Lipinski definition) is 2. The number of aryl methyl sites for hydroxylation is 1. The van der Waals surface area contributed by atoms with Gasteiger partial charge in [0.25, 0.3) is 0 Å². The van der Waals surface area contributed by atoms with Gasteiger partial charge < -0.3 is 10.1 Å². The molecular weight excluding hydrogens is 665 g/mol. The first-order valence-electron chi connectivity index (χ1n) is 18.8. The Morgan fingerprint density at radius 2 is 1.47 bits per heavy atom. The highest BCUT2D eigenvalue weighted by Gasteiger charge is 2.36. The second kappa shape index (κ2) is 28.4. The van der Waals surface area contributed by atoms with Crippen LogP contribution in [-0.2, 0) is 21.2 Å². The number of benzene rings is 2. The van der Waals surface area contributed by atoms with Crippen molar-refractivity contribution in [2.45, 2.75) is 136 Å². The summed E-state index contributed by atoms with van der Waals surface area (Å²) in [4.78, 5) is 12.6. The molecule has 3 aliphatic rings. The molecule has 2 unspecified atom stereocenters. The lowest BCUT2D eigenvalue weighted by molar-refractivity contribution is -0.0980. The minimum atomic E-state index is -3.84. The summed E-state index contributed by atoms with van der Waals surface area (Å²) >= 11 is 0. The molecule has 9 heteroatoms. The van der Waals surface area contributed by atoms with Gasteiger partial charge in [-0.3, -0.25) is 4.99 Å². The number of carbonyl (C=O) groups is 1. The fourth-order valence-electron chi connectivity index (χ4n) is 6.08. The van der Waals surface area contributed by atoms with Crippen molar-refractivity contribution in [1.29, 1.82) is 0 Å². The lowest BCUT2D eigenvalue weighted by Crippen LogP contribution is -2.33. The van der Waals surface area contributed by atoms with Crippen molar-refractivity contribution in [3.63, 3.8) is 0 Å². The number of carbonyl (C=O) groups excluding carboxylic acids is 1. The maximum Gasteiger partial charge on any atom is 0.243 e. The van der Waals surface area contributed by atoms with Crippen molar-refractivity contribution in [3.05, 3.63) is 90.0 Å². The highest BCUT2D eigenvalue weighted by atomic mass is 32.2. The number of nitrogens with zero attached hydrogens (tertiary/aromatic N) is 1. The third-order valence-corrected chi connectivity index (χ3v) is 10.2. The van der Waals surface area contributed by atoms with Crippen molar-refractivity contribution in [1.82, 2.24) is 10.0 Å². The van der Waals surface area contributed by atoms with Crippen molar-refractivity contribution in [3.8, 4) is 0 Å². The van der Waals surface area contributed by atoms with Crippen molar-refractivity contribution < 1.29 is 22.0 Å². The van der Waals surface area contributed by atoms with Gasteiger partial charge >= 0.3 is 0 Å². The van der Waals surface area contributed by atoms with E-state index >= 15 is 0 Å². The van der Waals surface area contributed by atoms with Crippen LogP contribution in [0.2, 0.25) is 0 Å². The predicted octanol–water partition coefficient (Wildman–Crippen LogP) is 10.7. The molecule has 0 bridgehead atoms. The molecule has 1 saturated heterocycles. The fourth-order valence-corrected chi connectivity index (χ4v) is 7.27. The zero-order valence-electron chi connectivity index (χ0n) is 32.5.